The molecule has 0 aromatic heterocycles. The molecule has 0 saturated carbocycles. The Morgan fingerprint density at radius 3 is 2.39 bits per heavy atom. The highest BCUT2D eigenvalue weighted by Crippen LogP contribution is 2.02. The van der Waals surface area contributed by atoms with Crippen LogP contribution >= 0.6 is 11.6 Å². The molecule has 1 rings (SSSR count). The third-order valence-electron chi connectivity index (χ3n) is 2.66. The van der Waals surface area contributed by atoms with Gasteiger partial charge in [0.15, 0.2) is 6.04 Å². The molecule has 0 aliphatic heterocycles. The number of hydrogen-bond acceptors (Lipinski definition) is 6. The zero-order valence-corrected chi connectivity index (χ0v) is 13.9. The van der Waals surface area contributed by atoms with Crippen molar-refractivity contribution in [3.05, 3.63) is 35.9 Å². The van der Waals surface area contributed by atoms with Crippen LogP contribution in [-0.4, -0.2) is 43.9 Å². The van der Waals surface area contributed by atoms with Gasteiger partial charge in [-0.25, -0.2) is 9.59 Å². The van der Waals surface area contributed by atoms with E-state index in [2.05, 4.69) is 5.32 Å². The predicted molar refractivity (Wildman–Crippen MR) is 84.8 cm³/mol. The van der Waals surface area contributed by atoms with Crippen LogP contribution in [0, 0.1) is 0 Å². The minimum atomic E-state index is -2.75. The number of hydrogen-bond donors (Lipinski definition) is 1. The quantitative estimate of drug-likeness (QED) is 0.444. The highest BCUT2D eigenvalue weighted by molar-refractivity contribution is 7.73. The number of ether oxygens (including phenoxy) is 2. The van der Waals surface area contributed by atoms with E-state index in [1.165, 1.54) is 0 Å². The average molecular weight is 362 g/mol. The van der Waals surface area contributed by atoms with E-state index in [0.717, 1.165) is 5.56 Å². The fourth-order valence-corrected chi connectivity index (χ4v) is 2.46. The highest BCUT2D eigenvalue weighted by Gasteiger charge is 2.29. The molecule has 0 spiro atoms. The van der Waals surface area contributed by atoms with Gasteiger partial charge < -0.3 is 14.8 Å². The second-order valence-corrected chi connectivity index (χ2v) is 5.49. The van der Waals surface area contributed by atoms with Gasteiger partial charge in [-0.1, -0.05) is 30.3 Å². The van der Waals surface area contributed by atoms with Crippen LogP contribution < -0.4 is 5.32 Å². The number of carbonyl (C=O) groups excluding carboxylic acids is 2. The number of esters is 1. The molecule has 0 bridgehead atoms. The number of halogens is 1. The van der Waals surface area contributed by atoms with Gasteiger partial charge in [0.2, 0.25) is 10.3 Å². The number of carbonyl (C=O) groups is 2. The van der Waals surface area contributed by atoms with Gasteiger partial charge >= 0.3 is 12.1 Å². The molecular weight excluding hydrogens is 346 g/mol. The summed E-state index contributed by atoms with van der Waals surface area (Å²) in [7, 11) is -2.75. The van der Waals surface area contributed by atoms with Gasteiger partial charge in [-0.05, 0) is 12.5 Å². The van der Waals surface area contributed by atoms with Gasteiger partial charge in [0.1, 0.15) is 6.61 Å². The third-order valence-corrected chi connectivity index (χ3v) is 3.92. The molecule has 0 fully saturated rings. The first kappa shape index (κ1) is 19.0. The van der Waals surface area contributed by atoms with E-state index in [4.69, 9.17) is 21.1 Å². The minimum absolute atomic E-state index is 0.0249. The molecule has 0 heterocycles. The molecule has 1 atom stereocenters. The van der Waals surface area contributed by atoms with Crippen molar-refractivity contribution in [2.45, 2.75) is 19.6 Å². The molecule has 0 aliphatic carbocycles. The topological polar surface area (TPSA) is 98.8 Å². The van der Waals surface area contributed by atoms with Gasteiger partial charge in [-0.2, -0.15) is 8.42 Å². The SMILES string of the molecule is CCOC(=O)C(NC(=O)OCc1ccccc1)C(CCl)=S(=O)=O. The van der Waals surface area contributed by atoms with Gasteiger partial charge in [-0.15, -0.1) is 11.6 Å². The van der Waals surface area contributed by atoms with Crippen molar-refractivity contribution in [2.24, 2.45) is 0 Å². The molecule has 9 heteroatoms. The molecule has 1 N–H and O–H groups in total. The van der Waals surface area contributed by atoms with E-state index in [1.807, 2.05) is 6.07 Å². The predicted octanol–water partition coefficient (Wildman–Crippen LogP) is 1.13. The standard InChI is InChI=1S/C14H16ClNO6S/c1-2-21-13(17)12(11(8-15)23(19)20)16-14(18)22-9-10-6-4-3-5-7-10/h3-7,12H,2,8-9H2,1H3,(H,16,18). The van der Waals surface area contributed by atoms with Crippen LogP contribution in [0.4, 0.5) is 4.79 Å². The number of nitrogens with one attached hydrogen (secondary N) is 1. The second kappa shape index (κ2) is 9.86. The van der Waals surface area contributed by atoms with Crippen molar-refractivity contribution in [3.8, 4) is 0 Å². The van der Waals surface area contributed by atoms with Crippen molar-refractivity contribution in [3.63, 3.8) is 0 Å². The molecule has 0 saturated heterocycles. The van der Waals surface area contributed by atoms with Gasteiger partial charge in [0, 0.05) is 0 Å². The summed E-state index contributed by atoms with van der Waals surface area (Å²) in [6, 6.07) is 7.34. The summed E-state index contributed by atoms with van der Waals surface area (Å²) in [5.41, 5.74) is 0.740. The summed E-state index contributed by atoms with van der Waals surface area (Å²) in [6.07, 6.45) is -0.958. The first-order valence-corrected chi connectivity index (χ1v) is 8.25. The largest absolute Gasteiger partial charge is 0.464 e. The number of alkyl carbamates (subject to hydrolysis) is 1. The Hall–Kier alpha value is -2.06. The highest BCUT2D eigenvalue weighted by atomic mass is 35.5. The molecule has 7 nitrogen and oxygen atoms in total. The van der Waals surface area contributed by atoms with E-state index in [0.29, 0.717) is 0 Å². The zero-order valence-electron chi connectivity index (χ0n) is 12.3. The zero-order chi connectivity index (χ0) is 17.2. The Labute approximate surface area is 140 Å². The van der Waals surface area contributed by atoms with Gasteiger partial charge in [-0.3, -0.25) is 0 Å². The van der Waals surface area contributed by atoms with Gasteiger partial charge in [0.05, 0.1) is 17.4 Å². The second-order valence-electron chi connectivity index (χ2n) is 4.23. The fourth-order valence-electron chi connectivity index (χ4n) is 1.60. The molecule has 1 aromatic rings. The summed E-state index contributed by atoms with van der Waals surface area (Å²) < 4.78 is 31.9. The number of amides is 1. The molecule has 0 radical (unpaired) electrons. The molecule has 126 valence electrons. The summed E-state index contributed by atoms with van der Waals surface area (Å²) in [6.45, 7) is 1.55. The number of alkyl halides is 1. The van der Waals surface area contributed by atoms with E-state index in [9.17, 15) is 18.0 Å². The van der Waals surface area contributed by atoms with E-state index in [1.54, 1.807) is 31.2 Å². The summed E-state index contributed by atoms with van der Waals surface area (Å²) in [5, 5.41) is 2.15. The Balaban J connectivity index is 2.78. The van der Waals surface area contributed by atoms with Crippen molar-refractivity contribution >= 4 is 38.8 Å². The smallest absolute Gasteiger partial charge is 0.408 e. The average Bonchev–Trinajstić information content (AvgIpc) is 2.53. The van der Waals surface area contributed by atoms with Crippen LogP contribution in [0.5, 0.6) is 0 Å². The lowest BCUT2D eigenvalue weighted by molar-refractivity contribution is -0.143. The maximum atomic E-state index is 11.8. The third kappa shape index (κ3) is 6.29. The van der Waals surface area contributed by atoms with Crippen LogP contribution in [0.3, 0.4) is 0 Å². The monoisotopic (exact) mass is 361 g/mol. The van der Waals surface area contributed by atoms with Crippen LogP contribution in [0.25, 0.3) is 0 Å². The van der Waals surface area contributed by atoms with E-state index in [-0.39, 0.29) is 13.2 Å². The number of benzene rings is 1. The van der Waals surface area contributed by atoms with Crippen LogP contribution in [0.15, 0.2) is 30.3 Å². The van der Waals surface area contributed by atoms with Crippen molar-refractivity contribution in [2.75, 3.05) is 12.5 Å². The molecule has 0 aliphatic rings. The first-order chi connectivity index (χ1) is 11.0. The lowest BCUT2D eigenvalue weighted by atomic mass is 10.2. The lowest BCUT2D eigenvalue weighted by Gasteiger charge is -2.16. The van der Waals surface area contributed by atoms with Crippen LogP contribution in [-0.2, 0) is 31.2 Å². The maximum absolute atomic E-state index is 11.8. The Morgan fingerprint density at radius 1 is 1.22 bits per heavy atom. The molecule has 23 heavy (non-hydrogen) atoms. The first-order valence-electron chi connectivity index (χ1n) is 6.64. The van der Waals surface area contributed by atoms with Gasteiger partial charge in [0.25, 0.3) is 0 Å². The fraction of sp³-hybridized carbons (Fsp3) is 0.357. The van der Waals surface area contributed by atoms with Crippen molar-refractivity contribution < 1.29 is 27.5 Å². The molecule has 1 aromatic carbocycles. The summed E-state index contributed by atoms with van der Waals surface area (Å²) in [4.78, 5) is 23.2. The molecular formula is C14H16ClNO6S. The Bertz CT molecular complexity index is 666. The van der Waals surface area contributed by atoms with Crippen molar-refractivity contribution in [1.29, 1.82) is 0 Å². The Morgan fingerprint density at radius 2 is 1.87 bits per heavy atom. The number of rotatable bonds is 7. The molecule has 1 unspecified atom stereocenters. The Kier molecular flexibility index (Phi) is 8.14. The summed E-state index contributed by atoms with van der Waals surface area (Å²) >= 11 is 5.53. The maximum Gasteiger partial charge on any atom is 0.408 e. The van der Waals surface area contributed by atoms with E-state index >= 15 is 0 Å². The van der Waals surface area contributed by atoms with Crippen molar-refractivity contribution in [1.82, 2.24) is 5.32 Å². The summed E-state index contributed by atoms with van der Waals surface area (Å²) in [5.74, 6) is -1.39. The van der Waals surface area contributed by atoms with Crippen LogP contribution in [0.2, 0.25) is 0 Å². The lowest BCUT2D eigenvalue weighted by Crippen LogP contribution is -2.48. The minimum Gasteiger partial charge on any atom is -0.464 e. The molecule has 1 amide bonds. The normalized spacial score (nSPS) is 11.2. The van der Waals surface area contributed by atoms with Crippen LogP contribution in [0.1, 0.15) is 12.5 Å². The van der Waals surface area contributed by atoms with E-state index < -0.39 is 39.1 Å².